The van der Waals surface area contributed by atoms with Crippen molar-refractivity contribution in [1.82, 2.24) is 5.32 Å². The second-order valence-corrected chi connectivity index (χ2v) is 3.31. The summed E-state index contributed by atoms with van der Waals surface area (Å²) in [7, 11) is 1.68. The fourth-order valence-electron chi connectivity index (χ4n) is 1.15. The molecule has 0 aliphatic carbocycles. The molecule has 1 aromatic carbocycles. The van der Waals surface area contributed by atoms with Crippen LogP contribution in [0.1, 0.15) is 12.5 Å². The highest BCUT2D eigenvalue weighted by molar-refractivity contribution is 5.15. The zero-order valence-electron chi connectivity index (χ0n) is 8.59. The maximum atomic E-state index is 12.8. The minimum Gasteiger partial charge on any atom is -0.380 e. The van der Waals surface area contributed by atoms with Gasteiger partial charge in [0, 0.05) is 20.2 Å². The SMILES string of the molecule is COC(C)CNCc1cccc(F)c1. The van der Waals surface area contributed by atoms with Gasteiger partial charge in [-0.3, -0.25) is 0 Å². The molecule has 1 unspecified atom stereocenters. The molecule has 2 nitrogen and oxygen atoms in total. The van der Waals surface area contributed by atoms with E-state index in [4.69, 9.17) is 4.74 Å². The molecule has 1 N–H and O–H groups in total. The van der Waals surface area contributed by atoms with Crippen LogP contribution < -0.4 is 5.32 Å². The van der Waals surface area contributed by atoms with E-state index in [2.05, 4.69) is 5.32 Å². The molecule has 0 radical (unpaired) electrons. The monoisotopic (exact) mass is 197 g/mol. The Bertz CT molecular complexity index is 278. The number of rotatable bonds is 5. The summed E-state index contributed by atoms with van der Waals surface area (Å²) in [6.07, 6.45) is 0.184. The molecule has 0 saturated carbocycles. The van der Waals surface area contributed by atoms with Crippen LogP contribution in [0.2, 0.25) is 0 Å². The zero-order chi connectivity index (χ0) is 10.4. The van der Waals surface area contributed by atoms with E-state index in [1.807, 2.05) is 13.0 Å². The van der Waals surface area contributed by atoms with Gasteiger partial charge in [0.25, 0.3) is 0 Å². The minimum atomic E-state index is -0.191. The number of methoxy groups -OCH3 is 1. The number of hydrogen-bond donors (Lipinski definition) is 1. The molecule has 78 valence electrons. The minimum absolute atomic E-state index is 0.184. The number of nitrogens with one attached hydrogen (secondary N) is 1. The summed E-state index contributed by atoms with van der Waals surface area (Å²) in [6.45, 7) is 3.43. The molecule has 14 heavy (non-hydrogen) atoms. The standard InChI is InChI=1S/C11H16FNO/c1-9(14-2)7-13-8-10-4-3-5-11(12)6-10/h3-6,9,13H,7-8H2,1-2H3. The lowest BCUT2D eigenvalue weighted by molar-refractivity contribution is 0.117. The van der Waals surface area contributed by atoms with Crippen LogP contribution in [0.3, 0.4) is 0 Å². The Hall–Kier alpha value is -0.930. The van der Waals surface area contributed by atoms with Gasteiger partial charge in [-0.1, -0.05) is 12.1 Å². The predicted octanol–water partition coefficient (Wildman–Crippen LogP) is 1.95. The van der Waals surface area contributed by atoms with Crippen LogP contribution >= 0.6 is 0 Å². The molecule has 0 amide bonds. The summed E-state index contributed by atoms with van der Waals surface area (Å²) in [6, 6.07) is 6.59. The van der Waals surface area contributed by atoms with Gasteiger partial charge in [0.2, 0.25) is 0 Å². The summed E-state index contributed by atoms with van der Waals surface area (Å²) in [5.41, 5.74) is 0.952. The van der Waals surface area contributed by atoms with E-state index in [9.17, 15) is 4.39 Å². The molecule has 3 heteroatoms. The summed E-state index contributed by atoms with van der Waals surface area (Å²) < 4.78 is 17.8. The van der Waals surface area contributed by atoms with Crippen LogP contribution in [0.15, 0.2) is 24.3 Å². The van der Waals surface area contributed by atoms with Gasteiger partial charge in [-0.2, -0.15) is 0 Å². The quantitative estimate of drug-likeness (QED) is 0.779. The van der Waals surface area contributed by atoms with Gasteiger partial charge >= 0.3 is 0 Å². The Kier molecular flexibility index (Phi) is 4.56. The maximum absolute atomic E-state index is 12.8. The van der Waals surface area contributed by atoms with Crippen molar-refractivity contribution in [2.24, 2.45) is 0 Å². The topological polar surface area (TPSA) is 21.3 Å². The fraction of sp³-hybridized carbons (Fsp3) is 0.455. The molecule has 0 spiro atoms. The van der Waals surface area contributed by atoms with Crippen LogP contribution in [-0.4, -0.2) is 19.8 Å². The Morgan fingerprint density at radius 3 is 2.93 bits per heavy atom. The predicted molar refractivity (Wildman–Crippen MR) is 54.6 cm³/mol. The van der Waals surface area contributed by atoms with Crippen LogP contribution in [0.4, 0.5) is 4.39 Å². The summed E-state index contributed by atoms with van der Waals surface area (Å²) >= 11 is 0. The van der Waals surface area contributed by atoms with Gasteiger partial charge in [0.1, 0.15) is 5.82 Å². The molecule has 1 atom stereocenters. The van der Waals surface area contributed by atoms with Gasteiger partial charge in [-0.05, 0) is 24.6 Å². The van der Waals surface area contributed by atoms with E-state index < -0.39 is 0 Å². The largest absolute Gasteiger partial charge is 0.380 e. The van der Waals surface area contributed by atoms with E-state index >= 15 is 0 Å². The lowest BCUT2D eigenvalue weighted by Gasteiger charge is -2.10. The van der Waals surface area contributed by atoms with Crippen molar-refractivity contribution < 1.29 is 9.13 Å². The summed E-state index contributed by atoms with van der Waals surface area (Å²) in [5, 5.41) is 3.19. The number of benzene rings is 1. The van der Waals surface area contributed by atoms with Crippen molar-refractivity contribution in [3.63, 3.8) is 0 Å². The molecule has 1 rings (SSSR count). The first-order valence-electron chi connectivity index (χ1n) is 4.70. The molecule has 0 bridgehead atoms. The number of ether oxygens (including phenoxy) is 1. The highest BCUT2D eigenvalue weighted by Gasteiger charge is 1.98. The van der Waals surface area contributed by atoms with Gasteiger partial charge in [0.05, 0.1) is 6.10 Å². The first-order chi connectivity index (χ1) is 6.72. The summed E-state index contributed by atoms with van der Waals surface area (Å²) in [5.74, 6) is -0.191. The Labute approximate surface area is 84.1 Å². The van der Waals surface area contributed by atoms with E-state index in [0.717, 1.165) is 12.1 Å². The molecule has 0 aromatic heterocycles. The first kappa shape index (κ1) is 11.1. The second kappa shape index (κ2) is 5.73. The van der Waals surface area contributed by atoms with E-state index in [-0.39, 0.29) is 11.9 Å². The third kappa shape index (κ3) is 3.85. The Morgan fingerprint density at radius 1 is 1.50 bits per heavy atom. The average Bonchev–Trinajstić information content (AvgIpc) is 2.17. The highest BCUT2D eigenvalue weighted by Crippen LogP contribution is 2.02. The zero-order valence-corrected chi connectivity index (χ0v) is 8.59. The van der Waals surface area contributed by atoms with Gasteiger partial charge in [-0.25, -0.2) is 4.39 Å². The van der Waals surface area contributed by atoms with Crippen molar-refractivity contribution in [1.29, 1.82) is 0 Å². The molecule has 0 heterocycles. The number of hydrogen-bond acceptors (Lipinski definition) is 2. The van der Waals surface area contributed by atoms with Crippen molar-refractivity contribution in [2.75, 3.05) is 13.7 Å². The van der Waals surface area contributed by atoms with Crippen molar-refractivity contribution in [2.45, 2.75) is 19.6 Å². The van der Waals surface area contributed by atoms with E-state index in [1.165, 1.54) is 12.1 Å². The lowest BCUT2D eigenvalue weighted by atomic mass is 10.2. The molecule has 1 aromatic rings. The van der Waals surface area contributed by atoms with Crippen molar-refractivity contribution >= 4 is 0 Å². The lowest BCUT2D eigenvalue weighted by Crippen LogP contribution is -2.25. The Balaban J connectivity index is 2.31. The normalized spacial score (nSPS) is 12.8. The Morgan fingerprint density at radius 2 is 2.29 bits per heavy atom. The maximum Gasteiger partial charge on any atom is 0.123 e. The third-order valence-electron chi connectivity index (χ3n) is 2.05. The van der Waals surface area contributed by atoms with Gasteiger partial charge in [0.15, 0.2) is 0 Å². The smallest absolute Gasteiger partial charge is 0.123 e. The molecule has 0 fully saturated rings. The summed E-state index contributed by atoms with van der Waals surface area (Å²) in [4.78, 5) is 0. The van der Waals surface area contributed by atoms with Gasteiger partial charge in [-0.15, -0.1) is 0 Å². The fourth-order valence-corrected chi connectivity index (χ4v) is 1.15. The molecule has 0 aliphatic rings. The average molecular weight is 197 g/mol. The van der Waals surface area contributed by atoms with Crippen LogP contribution in [0.25, 0.3) is 0 Å². The first-order valence-corrected chi connectivity index (χ1v) is 4.70. The van der Waals surface area contributed by atoms with Crippen molar-refractivity contribution in [3.8, 4) is 0 Å². The molecule has 0 saturated heterocycles. The number of halogens is 1. The van der Waals surface area contributed by atoms with Crippen molar-refractivity contribution in [3.05, 3.63) is 35.6 Å². The van der Waals surface area contributed by atoms with Gasteiger partial charge < -0.3 is 10.1 Å². The highest BCUT2D eigenvalue weighted by atomic mass is 19.1. The van der Waals surface area contributed by atoms with Crippen LogP contribution in [0, 0.1) is 5.82 Å². The second-order valence-electron chi connectivity index (χ2n) is 3.31. The van der Waals surface area contributed by atoms with Crippen LogP contribution in [-0.2, 0) is 11.3 Å². The van der Waals surface area contributed by atoms with E-state index in [1.54, 1.807) is 13.2 Å². The van der Waals surface area contributed by atoms with E-state index in [0.29, 0.717) is 6.54 Å². The molecule has 0 aliphatic heterocycles. The van der Waals surface area contributed by atoms with Crippen LogP contribution in [0.5, 0.6) is 0 Å². The third-order valence-corrected chi connectivity index (χ3v) is 2.05. The molecular formula is C11H16FNO. The molecular weight excluding hydrogens is 181 g/mol.